The van der Waals surface area contributed by atoms with Gasteiger partial charge in [-0.15, -0.1) is 0 Å². The van der Waals surface area contributed by atoms with E-state index in [2.05, 4.69) is 10.6 Å². The van der Waals surface area contributed by atoms with Gasteiger partial charge >= 0.3 is 6.09 Å². The monoisotopic (exact) mass is 489 g/mol. The third-order valence-electron chi connectivity index (χ3n) is 5.96. The van der Waals surface area contributed by atoms with Crippen LogP contribution >= 0.6 is 0 Å². The summed E-state index contributed by atoms with van der Waals surface area (Å²) in [5, 5.41) is 5.73. The molecule has 2 N–H and O–H groups in total. The Morgan fingerprint density at radius 1 is 0.944 bits per heavy atom. The lowest BCUT2D eigenvalue weighted by atomic mass is 10.00. The SMILES string of the molecule is CC(C)C(=O)Nc1ccc(C2OC(=O)N(Cc3ccc(F)cc3)C2C(=O)NCc2ccccc2)cc1. The van der Waals surface area contributed by atoms with Gasteiger partial charge in [0.2, 0.25) is 11.8 Å². The van der Waals surface area contributed by atoms with Gasteiger partial charge in [-0.1, -0.05) is 68.4 Å². The summed E-state index contributed by atoms with van der Waals surface area (Å²) in [6.45, 7) is 3.98. The lowest BCUT2D eigenvalue weighted by molar-refractivity contribution is -0.126. The lowest BCUT2D eigenvalue weighted by Gasteiger charge is -2.24. The van der Waals surface area contributed by atoms with Crippen LogP contribution in [0.4, 0.5) is 14.9 Å². The molecule has 3 amide bonds. The van der Waals surface area contributed by atoms with Crippen molar-refractivity contribution in [3.8, 4) is 0 Å². The zero-order valence-corrected chi connectivity index (χ0v) is 20.1. The van der Waals surface area contributed by atoms with Gasteiger partial charge in [0.05, 0.1) is 6.54 Å². The number of ether oxygens (including phenoxy) is 1. The first-order valence-electron chi connectivity index (χ1n) is 11.8. The highest BCUT2D eigenvalue weighted by molar-refractivity contribution is 5.92. The molecule has 0 saturated carbocycles. The van der Waals surface area contributed by atoms with Crippen LogP contribution in [0.25, 0.3) is 0 Å². The molecule has 7 nitrogen and oxygen atoms in total. The minimum Gasteiger partial charge on any atom is -0.438 e. The first-order valence-corrected chi connectivity index (χ1v) is 11.8. The molecule has 0 radical (unpaired) electrons. The van der Waals surface area contributed by atoms with E-state index in [9.17, 15) is 18.8 Å². The third kappa shape index (κ3) is 5.89. The molecule has 3 aromatic carbocycles. The maximum atomic E-state index is 13.4. The molecule has 1 heterocycles. The van der Waals surface area contributed by atoms with Gasteiger partial charge in [0.25, 0.3) is 0 Å². The number of halogens is 1. The number of benzene rings is 3. The van der Waals surface area contributed by atoms with E-state index in [0.29, 0.717) is 23.4 Å². The quantitative estimate of drug-likeness (QED) is 0.476. The van der Waals surface area contributed by atoms with E-state index >= 15 is 0 Å². The number of rotatable bonds is 8. The van der Waals surface area contributed by atoms with Crippen LogP contribution in [0.3, 0.4) is 0 Å². The lowest BCUT2D eigenvalue weighted by Crippen LogP contribution is -2.46. The fraction of sp³-hybridized carbons (Fsp3) is 0.250. The van der Waals surface area contributed by atoms with Gasteiger partial charge < -0.3 is 15.4 Å². The Bertz CT molecular complexity index is 1210. The van der Waals surface area contributed by atoms with Crippen LogP contribution < -0.4 is 10.6 Å². The standard InChI is InChI=1S/C28H28FN3O4/c1-18(2)26(33)31-23-14-10-21(11-15-23)25-24(27(34)30-16-19-6-4-3-5-7-19)32(28(35)36-25)17-20-8-12-22(29)13-9-20/h3-15,18,24-25H,16-17H2,1-2H3,(H,30,34)(H,31,33). The summed E-state index contributed by atoms with van der Waals surface area (Å²) in [7, 11) is 0. The summed E-state index contributed by atoms with van der Waals surface area (Å²) in [6.07, 6.45) is -1.50. The van der Waals surface area contributed by atoms with E-state index in [1.165, 1.54) is 17.0 Å². The second-order valence-electron chi connectivity index (χ2n) is 8.97. The number of cyclic esters (lactones) is 1. The van der Waals surface area contributed by atoms with E-state index in [4.69, 9.17) is 4.74 Å². The number of carbonyl (C=O) groups excluding carboxylic acids is 3. The molecule has 1 aliphatic heterocycles. The van der Waals surface area contributed by atoms with Crippen LogP contribution in [0.1, 0.15) is 36.6 Å². The molecule has 2 atom stereocenters. The van der Waals surface area contributed by atoms with Crippen molar-refractivity contribution in [3.05, 3.63) is 101 Å². The predicted octanol–water partition coefficient (Wildman–Crippen LogP) is 4.80. The summed E-state index contributed by atoms with van der Waals surface area (Å²) < 4.78 is 19.1. The van der Waals surface area contributed by atoms with Crippen LogP contribution in [-0.2, 0) is 27.4 Å². The largest absolute Gasteiger partial charge is 0.438 e. The van der Waals surface area contributed by atoms with Crippen molar-refractivity contribution in [2.24, 2.45) is 5.92 Å². The molecule has 4 rings (SSSR count). The molecule has 8 heteroatoms. The van der Waals surface area contributed by atoms with Gasteiger partial charge in [0, 0.05) is 18.2 Å². The normalized spacial score (nSPS) is 17.1. The summed E-state index contributed by atoms with van der Waals surface area (Å²) in [4.78, 5) is 39.6. The average molecular weight is 490 g/mol. The number of hydrogen-bond donors (Lipinski definition) is 2. The van der Waals surface area contributed by atoms with E-state index in [1.807, 2.05) is 30.3 Å². The van der Waals surface area contributed by atoms with E-state index in [0.717, 1.165) is 5.56 Å². The Morgan fingerprint density at radius 3 is 2.25 bits per heavy atom. The van der Waals surface area contributed by atoms with E-state index < -0.39 is 18.2 Å². The Balaban J connectivity index is 1.57. The van der Waals surface area contributed by atoms with Crippen LogP contribution in [0.15, 0.2) is 78.9 Å². The summed E-state index contributed by atoms with van der Waals surface area (Å²) in [6, 6.07) is 21.1. The second kappa shape index (κ2) is 11.0. The van der Waals surface area contributed by atoms with Crippen molar-refractivity contribution in [1.82, 2.24) is 10.2 Å². The van der Waals surface area contributed by atoms with Gasteiger partial charge in [-0.3, -0.25) is 14.5 Å². The Hall–Kier alpha value is -4.20. The maximum absolute atomic E-state index is 13.4. The molecule has 3 aromatic rings. The van der Waals surface area contributed by atoms with Crippen molar-refractivity contribution < 1.29 is 23.5 Å². The Morgan fingerprint density at radius 2 is 1.61 bits per heavy atom. The Labute approximate surface area is 209 Å². The highest BCUT2D eigenvalue weighted by atomic mass is 19.1. The molecular formula is C28H28FN3O4. The van der Waals surface area contributed by atoms with Gasteiger partial charge in [0.1, 0.15) is 5.82 Å². The fourth-order valence-electron chi connectivity index (χ4n) is 3.93. The average Bonchev–Trinajstić information content (AvgIpc) is 3.20. The van der Waals surface area contributed by atoms with Crippen molar-refractivity contribution in [2.45, 2.75) is 39.1 Å². The minimum absolute atomic E-state index is 0.0849. The van der Waals surface area contributed by atoms with Crippen molar-refractivity contribution in [2.75, 3.05) is 5.32 Å². The molecular weight excluding hydrogens is 461 g/mol. The molecule has 1 fully saturated rings. The van der Waals surface area contributed by atoms with Crippen LogP contribution in [0.2, 0.25) is 0 Å². The zero-order valence-electron chi connectivity index (χ0n) is 20.1. The first-order chi connectivity index (χ1) is 17.3. The molecule has 0 bridgehead atoms. The fourth-order valence-corrected chi connectivity index (χ4v) is 3.93. The molecule has 0 aromatic heterocycles. The number of anilines is 1. The van der Waals surface area contributed by atoms with E-state index in [-0.39, 0.29) is 30.1 Å². The number of amides is 3. The number of hydrogen-bond acceptors (Lipinski definition) is 4. The van der Waals surface area contributed by atoms with Gasteiger partial charge in [-0.25, -0.2) is 9.18 Å². The second-order valence-corrected chi connectivity index (χ2v) is 8.97. The van der Waals surface area contributed by atoms with Crippen molar-refractivity contribution >= 4 is 23.6 Å². The molecule has 2 unspecified atom stereocenters. The minimum atomic E-state index is -0.942. The van der Waals surface area contributed by atoms with Crippen LogP contribution in [0.5, 0.6) is 0 Å². The number of nitrogens with zero attached hydrogens (tertiary/aromatic N) is 1. The summed E-state index contributed by atoms with van der Waals surface area (Å²) in [5.74, 6) is -1.03. The van der Waals surface area contributed by atoms with Gasteiger partial charge in [-0.05, 0) is 41.0 Å². The van der Waals surface area contributed by atoms with Crippen LogP contribution in [-0.4, -0.2) is 28.8 Å². The molecule has 0 aliphatic carbocycles. The molecule has 0 spiro atoms. The van der Waals surface area contributed by atoms with Crippen LogP contribution in [0, 0.1) is 11.7 Å². The van der Waals surface area contributed by atoms with Gasteiger partial charge in [0.15, 0.2) is 12.1 Å². The Kier molecular flexibility index (Phi) is 7.63. The molecule has 1 aliphatic rings. The highest BCUT2D eigenvalue weighted by Gasteiger charge is 2.46. The molecule has 36 heavy (non-hydrogen) atoms. The highest BCUT2D eigenvalue weighted by Crippen LogP contribution is 2.34. The van der Waals surface area contributed by atoms with Crippen molar-refractivity contribution in [1.29, 1.82) is 0 Å². The van der Waals surface area contributed by atoms with Gasteiger partial charge in [-0.2, -0.15) is 0 Å². The number of carbonyl (C=O) groups is 3. The smallest absolute Gasteiger partial charge is 0.411 e. The number of nitrogens with one attached hydrogen (secondary N) is 2. The topological polar surface area (TPSA) is 87.7 Å². The van der Waals surface area contributed by atoms with E-state index in [1.54, 1.807) is 50.2 Å². The predicted molar refractivity (Wildman–Crippen MR) is 133 cm³/mol. The zero-order chi connectivity index (χ0) is 25.7. The van der Waals surface area contributed by atoms with Crippen molar-refractivity contribution in [3.63, 3.8) is 0 Å². The summed E-state index contributed by atoms with van der Waals surface area (Å²) >= 11 is 0. The maximum Gasteiger partial charge on any atom is 0.411 e. The first kappa shape index (κ1) is 24.9. The third-order valence-corrected chi connectivity index (χ3v) is 5.96. The molecule has 186 valence electrons. The molecule has 1 saturated heterocycles. The summed E-state index contributed by atoms with van der Waals surface area (Å²) in [5.41, 5.74) is 2.81.